The number of amides is 2. The molecule has 0 aromatic heterocycles. The fourth-order valence-electron chi connectivity index (χ4n) is 3.56. The van der Waals surface area contributed by atoms with Crippen molar-refractivity contribution >= 4 is 54.0 Å². The average molecular weight is 613 g/mol. The molecule has 13 nitrogen and oxygen atoms in total. The Morgan fingerprint density at radius 2 is 1.51 bits per heavy atom. The van der Waals surface area contributed by atoms with Gasteiger partial charge in [0.1, 0.15) is 12.1 Å². The number of hydrogen-bond acceptors (Lipinski definition) is 11. The van der Waals surface area contributed by atoms with Gasteiger partial charge in [-0.15, -0.1) is 12.4 Å². The van der Waals surface area contributed by atoms with Gasteiger partial charge in [-0.05, 0) is 26.7 Å². The van der Waals surface area contributed by atoms with Crippen LogP contribution in [0.3, 0.4) is 0 Å². The number of rotatable bonds is 9. The van der Waals surface area contributed by atoms with Crippen molar-refractivity contribution in [3.63, 3.8) is 0 Å². The first-order valence-electron chi connectivity index (χ1n) is 12.4. The molecule has 0 radical (unpaired) electrons. The lowest BCUT2D eigenvalue weighted by atomic mass is 10.1. The molecule has 0 aromatic carbocycles. The minimum Gasteiger partial charge on any atom is -0.466 e. The molecule has 2 unspecified atom stereocenters. The van der Waals surface area contributed by atoms with Crippen LogP contribution in [0.5, 0.6) is 0 Å². The number of hydrogen-bond donors (Lipinski definition) is 3. The molecule has 2 atom stereocenters. The van der Waals surface area contributed by atoms with Gasteiger partial charge in [-0.3, -0.25) is 28.8 Å². The monoisotopic (exact) mass is 612 g/mol. The molecule has 3 rings (SSSR count). The third-order valence-electron chi connectivity index (χ3n) is 5.30. The third-order valence-corrected chi connectivity index (χ3v) is 5.30. The SMILES string of the molecule is C.C.C.CCOC(=O)CCC1CC(=O)CN1.CCOC(=O)CCC=O.Cl.NCC(N)=O.O=C1CC2CCC(=O)N2C1. The molecule has 0 saturated carbocycles. The van der Waals surface area contributed by atoms with E-state index in [0.717, 1.165) is 6.42 Å². The number of carbonyl (C=O) groups is 7. The van der Waals surface area contributed by atoms with E-state index in [0.29, 0.717) is 64.7 Å². The molecular weight excluding hydrogens is 560 g/mol. The first kappa shape index (κ1) is 47.9. The van der Waals surface area contributed by atoms with Crippen molar-refractivity contribution < 1.29 is 43.0 Å². The highest BCUT2D eigenvalue weighted by Crippen LogP contribution is 2.26. The molecule has 0 bridgehead atoms. The number of fused-ring (bicyclic) bond motifs is 1. The summed E-state index contributed by atoms with van der Waals surface area (Å²) in [5.41, 5.74) is 9.22. The van der Waals surface area contributed by atoms with Crippen LogP contribution >= 0.6 is 12.4 Å². The maximum atomic E-state index is 11.0. The van der Waals surface area contributed by atoms with Crippen LogP contribution in [0.25, 0.3) is 0 Å². The predicted molar refractivity (Wildman–Crippen MR) is 159 cm³/mol. The number of Topliss-reactive ketones (excluding diaryl/α,β-unsaturated/α-hetero) is 2. The average Bonchev–Trinajstić information content (AvgIpc) is 3.55. The number of primary amides is 1. The number of esters is 2. The summed E-state index contributed by atoms with van der Waals surface area (Å²) < 4.78 is 9.32. The number of ketones is 2. The second-order valence-corrected chi connectivity index (χ2v) is 8.30. The second-order valence-electron chi connectivity index (χ2n) is 8.30. The van der Waals surface area contributed by atoms with E-state index in [1.807, 2.05) is 0 Å². The highest BCUT2D eigenvalue weighted by Gasteiger charge is 2.38. The molecular formula is C27H53ClN4O9. The largest absolute Gasteiger partial charge is 0.466 e. The molecule has 242 valence electrons. The summed E-state index contributed by atoms with van der Waals surface area (Å²) in [5.74, 6) is -0.332. The van der Waals surface area contributed by atoms with Crippen LogP contribution < -0.4 is 16.8 Å². The molecule has 3 aliphatic heterocycles. The van der Waals surface area contributed by atoms with Gasteiger partial charge >= 0.3 is 11.9 Å². The zero-order valence-corrected chi connectivity index (χ0v) is 22.9. The quantitative estimate of drug-likeness (QED) is 0.251. The lowest BCUT2D eigenvalue weighted by Crippen LogP contribution is -2.27. The summed E-state index contributed by atoms with van der Waals surface area (Å²) in [6.45, 7) is 5.11. The van der Waals surface area contributed by atoms with Crippen LogP contribution in [0.2, 0.25) is 0 Å². The molecule has 0 spiro atoms. The molecule has 3 aliphatic rings. The Morgan fingerprint density at radius 3 is 1.93 bits per heavy atom. The Kier molecular flexibility index (Phi) is 33.4. The Labute approximate surface area is 251 Å². The van der Waals surface area contributed by atoms with Crippen LogP contribution in [0.15, 0.2) is 0 Å². The van der Waals surface area contributed by atoms with Gasteiger partial charge in [-0.25, -0.2) is 0 Å². The highest BCUT2D eigenvalue weighted by atomic mass is 35.5. The van der Waals surface area contributed by atoms with Gasteiger partial charge in [-0.2, -0.15) is 0 Å². The third kappa shape index (κ3) is 23.5. The molecule has 41 heavy (non-hydrogen) atoms. The highest BCUT2D eigenvalue weighted by molar-refractivity contribution is 5.91. The van der Waals surface area contributed by atoms with Gasteiger partial charge in [0.25, 0.3) is 0 Å². The van der Waals surface area contributed by atoms with Gasteiger partial charge in [0.05, 0.1) is 39.3 Å². The molecule has 3 saturated heterocycles. The first-order valence-corrected chi connectivity index (χ1v) is 12.4. The molecule has 5 N–H and O–H groups in total. The van der Waals surface area contributed by atoms with Gasteiger partial charge < -0.3 is 36.0 Å². The van der Waals surface area contributed by atoms with Crippen molar-refractivity contribution in [2.24, 2.45) is 11.5 Å². The molecule has 3 heterocycles. The van der Waals surface area contributed by atoms with Gasteiger partial charge in [0, 0.05) is 44.2 Å². The van der Waals surface area contributed by atoms with Gasteiger partial charge in [0.2, 0.25) is 11.8 Å². The van der Waals surface area contributed by atoms with E-state index in [4.69, 9.17) is 10.5 Å². The van der Waals surface area contributed by atoms with Crippen LogP contribution in [0.4, 0.5) is 0 Å². The first-order chi connectivity index (χ1) is 17.6. The van der Waals surface area contributed by atoms with Gasteiger partial charge in [0.15, 0.2) is 5.78 Å². The van der Waals surface area contributed by atoms with Gasteiger partial charge in [-0.1, -0.05) is 22.3 Å². The molecule has 0 aliphatic carbocycles. The fourth-order valence-corrected chi connectivity index (χ4v) is 3.56. The molecule has 3 fully saturated rings. The van der Waals surface area contributed by atoms with E-state index < -0.39 is 5.91 Å². The number of carbonyl (C=O) groups excluding carboxylic acids is 7. The summed E-state index contributed by atoms with van der Waals surface area (Å²) in [5, 5.41) is 3.05. The zero-order chi connectivity index (χ0) is 28.2. The van der Waals surface area contributed by atoms with Crippen molar-refractivity contribution in [1.29, 1.82) is 0 Å². The standard InChI is InChI=1S/C9H15NO3.C7H9NO2.C6H10O3.C2H6N2O.3CH4.ClH/c1-2-13-9(12)4-3-7-5-8(11)6-10-7;9-6-3-5-1-2-7(10)8(5)4-6;1-2-9-6(8)4-3-5-7;3-1-2(4)5;;;;/h7,10H,2-6H2,1H3;5H,1-4H2;5H,2-4H2,1H3;1,3H2,(H2,4,5);3*1H4;1H. The van der Waals surface area contributed by atoms with Crippen LogP contribution in [0.1, 0.15) is 87.5 Å². The number of aldehydes is 1. The number of nitrogens with zero attached hydrogens (tertiary/aromatic N) is 1. The van der Waals surface area contributed by atoms with E-state index >= 15 is 0 Å². The lowest BCUT2D eigenvalue weighted by molar-refractivity contribution is -0.144. The Bertz CT molecular complexity index is 797. The van der Waals surface area contributed by atoms with Crippen LogP contribution in [0, 0.1) is 0 Å². The maximum Gasteiger partial charge on any atom is 0.306 e. The minimum absolute atomic E-state index is 0. The zero-order valence-electron chi connectivity index (χ0n) is 22.1. The molecule has 0 aromatic rings. The normalized spacial score (nSPS) is 17.4. The van der Waals surface area contributed by atoms with E-state index in [-0.39, 0.29) is 95.6 Å². The van der Waals surface area contributed by atoms with Crippen LogP contribution in [-0.2, 0) is 43.0 Å². The summed E-state index contributed by atoms with van der Waals surface area (Å²) in [7, 11) is 0. The number of nitrogens with one attached hydrogen (secondary N) is 1. The van der Waals surface area contributed by atoms with Crippen molar-refractivity contribution in [3.05, 3.63) is 0 Å². The van der Waals surface area contributed by atoms with Crippen molar-refractivity contribution in [2.75, 3.05) is 32.8 Å². The Balaban J connectivity index is -0.000000142. The van der Waals surface area contributed by atoms with E-state index in [1.54, 1.807) is 18.7 Å². The number of nitrogens with two attached hydrogens (primary N) is 2. The number of ether oxygens (including phenoxy) is 2. The van der Waals surface area contributed by atoms with E-state index in [1.165, 1.54) is 0 Å². The fraction of sp³-hybridized carbons (Fsp3) is 0.741. The summed E-state index contributed by atoms with van der Waals surface area (Å²) in [4.78, 5) is 74.9. The molecule has 14 heteroatoms. The minimum atomic E-state index is -0.468. The summed E-state index contributed by atoms with van der Waals surface area (Å²) in [6, 6.07) is 0.442. The van der Waals surface area contributed by atoms with E-state index in [2.05, 4.69) is 15.8 Å². The lowest BCUT2D eigenvalue weighted by Gasteiger charge is -2.11. The molecule has 2 amide bonds. The number of halogens is 1. The Morgan fingerprint density at radius 1 is 0.976 bits per heavy atom. The summed E-state index contributed by atoms with van der Waals surface area (Å²) >= 11 is 0. The van der Waals surface area contributed by atoms with Crippen LogP contribution in [-0.4, -0.2) is 91.4 Å². The van der Waals surface area contributed by atoms with Crippen molar-refractivity contribution in [1.82, 2.24) is 10.2 Å². The van der Waals surface area contributed by atoms with E-state index in [9.17, 15) is 33.6 Å². The van der Waals surface area contributed by atoms with Crippen molar-refractivity contribution in [2.45, 2.75) is 99.6 Å². The van der Waals surface area contributed by atoms with Crippen molar-refractivity contribution in [3.8, 4) is 0 Å². The maximum absolute atomic E-state index is 11.0. The Hall–Kier alpha value is -2.90. The predicted octanol–water partition coefficient (Wildman–Crippen LogP) is 1.50. The second kappa shape index (κ2) is 28.6. The smallest absolute Gasteiger partial charge is 0.306 e. The topological polar surface area (TPSA) is 205 Å². The summed E-state index contributed by atoms with van der Waals surface area (Å²) in [6.07, 6.45) is 4.98.